The summed E-state index contributed by atoms with van der Waals surface area (Å²) in [5, 5.41) is 5.60. The summed E-state index contributed by atoms with van der Waals surface area (Å²) in [5.41, 5.74) is 0. The number of rotatable bonds is 4. The number of nitrogens with one attached hydrogen (secondary N) is 2. The molecule has 3 amide bonds. The Balaban J connectivity index is 2.72. The third-order valence-electron chi connectivity index (χ3n) is 3.13. The molecule has 2 N–H and O–H groups in total. The van der Waals surface area contributed by atoms with Crippen molar-refractivity contribution in [1.82, 2.24) is 15.5 Å². The van der Waals surface area contributed by atoms with Gasteiger partial charge in [-0.3, -0.25) is 14.4 Å². The molecule has 0 spiro atoms. The van der Waals surface area contributed by atoms with Gasteiger partial charge >= 0.3 is 0 Å². The zero-order chi connectivity index (χ0) is 14.6. The predicted molar refractivity (Wildman–Crippen MR) is 71.2 cm³/mol. The van der Waals surface area contributed by atoms with Gasteiger partial charge in [0.05, 0.1) is 12.1 Å². The zero-order valence-electron chi connectivity index (χ0n) is 11.6. The summed E-state index contributed by atoms with van der Waals surface area (Å²) in [5.74, 6) is -0.603. The van der Waals surface area contributed by atoms with E-state index in [4.69, 9.17) is 0 Å². The molecular weight excluding hydrogens is 246 g/mol. The fourth-order valence-corrected chi connectivity index (χ4v) is 1.94. The first kappa shape index (κ1) is 15.2. The maximum Gasteiger partial charge on any atom is 0.243 e. The zero-order valence-corrected chi connectivity index (χ0v) is 11.6. The molecule has 1 aliphatic heterocycles. The molecule has 0 aromatic rings. The number of carbonyl (C=O) groups is 3. The summed E-state index contributed by atoms with van der Waals surface area (Å²) >= 11 is 0. The Bertz CT molecular complexity index is 393. The molecule has 0 aliphatic carbocycles. The van der Waals surface area contributed by atoms with E-state index in [9.17, 15) is 14.4 Å². The fraction of sp³-hybridized carbons (Fsp3) is 0.615. The van der Waals surface area contributed by atoms with Crippen LogP contribution in [0.15, 0.2) is 12.7 Å². The number of nitrogens with zero attached hydrogens (tertiary/aromatic N) is 1. The lowest BCUT2D eigenvalue weighted by atomic mass is 10.1. The fourth-order valence-electron chi connectivity index (χ4n) is 1.94. The monoisotopic (exact) mass is 267 g/mol. The molecule has 1 aliphatic rings. The molecule has 0 aromatic heterocycles. The molecule has 0 radical (unpaired) electrons. The van der Waals surface area contributed by atoms with Crippen molar-refractivity contribution in [2.75, 3.05) is 13.1 Å². The van der Waals surface area contributed by atoms with Crippen molar-refractivity contribution in [3.05, 3.63) is 12.7 Å². The second-order valence-corrected chi connectivity index (χ2v) is 5.01. The topological polar surface area (TPSA) is 78.5 Å². The van der Waals surface area contributed by atoms with Gasteiger partial charge in [0.15, 0.2) is 0 Å². The molecule has 1 heterocycles. The molecule has 1 saturated heterocycles. The highest BCUT2D eigenvalue weighted by Crippen LogP contribution is 2.11. The van der Waals surface area contributed by atoms with Crippen LogP contribution in [0.2, 0.25) is 0 Å². The second kappa shape index (κ2) is 6.36. The van der Waals surface area contributed by atoms with Crippen molar-refractivity contribution >= 4 is 17.7 Å². The molecule has 2 unspecified atom stereocenters. The molecule has 6 heteroatoms. The van der Waals surface area contributed by atoms with E-state index >= 15 is 0 Å². The Morgan fingerprint density at radius 3 is 2.16 bits per heavy atom. The van der Waals surface area contributed by atoms with Crippen LogP contribution in [0.4, 0.5) is 0 Å². The van der Waals surface area contributed by atoms with Crippen LogP contribution in [0.25, 0.3) is 0 Å². The van der Waals surface area contributed by atoms with Crippen LogP contribution in [-0.2, 0) is 14.4 Å². The lowest BCUT2D eigenvalue weighted by molar-refractivity contribution is -0.128. The third kappa shape index (κ3) is 4.08. The van der Waals surface area contributed by atoms with Gasteiger partial charge in [0.1, 0.15) is 0 Å². The summed E-state index contributed by atoms with van der Waals surface area (Å²) in [6.07, 6.45) is 1.18. The molecule has 0 saturated carbocycles. The van der Waals surface area contributed by atoms with Gasteiger partial charge in [-0.25, -0.2) is 0 Å². The van der Waals surface area contributed by atoms with Crippen LogP contribution < -0.4 is 10.6 Å². The third-order valence-corrected chi connectivity index (χ3v) is 3.13. The number of likely N-dealkylation sites (tertiary alicyclic amines) is 1. The summed E-state index contributed by atoms with van der Waals surface area (Å²) in [6.45, 7) is 9.27. The molecular formula is C13H21N3O3. The van der Waals surface area contributed by atoms with Gasteiger partial charge < -0.3 is 15.5 Å². The highest BCUT2D eigenvalue weighted by molar-refractivity contribution is 5.87. The molecule has 2 atom stereocenters. The minimum atomic E-state index is -0.306. The molecule has 6 nitrogen and oxygen atoms in total. The van der Waals surface area contributed by atoms with E-state index < -0.39 is 0 Å². The first-order valence-corrected chi connectivity index (χ1v) is 6.34. The van der Waals surface area contributed by atoms with Crippen LogP contribution in [0.3, 0.4) is 0 Å². The summed E-state index contributed by atoms with van der Waals surface area (Å²) in [4.78, 5) is 36.1. The smallest absolute Gasteiger partial charge is 0.243 e. The summed E-state index contributed by atoms with van der Waals surface area (Å²) in [7, 11) is 0. The van der Waals surface area contributed by atoms with Crippen LogP contribution in [0.1, 0.15) is 20.8 Å². The van der Waals surface area contributed by atoms with Crippen LogP contribution >= 0.6 is 0 Å². The van der Waals surface area contributed by atoms with Crippen molar-refractivity contribution in [3.63, 3.8) is 0 Å². The average Bonchev–Trinajstić information content (AvgIpc) is 2.72. The molecule has 0 bridgehead atoms. The van der Waals surface area contributed by atoms with Crippen molar-refractivity contribution in [1.29, 1.82) is 0 Å². The SMILES string of the molecule is C=CC(=O)NC1CN(C(C)=O)CC1NC(=O)C(C)C. The summed E-state index contributed by atoms with van der Waals surface area (Å²) < 4.78 is 0. The van der Waals surface area contributed by atoms with E-state index in [0.717, 1.165) is 0 Å². The van der Waals surface area contributed by atoms with Crippen molar-refractivity contribution in [2.45, 2.75) is 32.9 Å². The van der Waals surface area contributed by atoms with E-state index in [2.05, 4.69) is 17.2 Å². The number of hydrogen-bond acceptors (Lipinski definition) is 3. The first-order chi connectivity index (χ1) is 8.85. The van der Waals surface area contributed by atoms with E-state index in [-0.39, 0.29) is 35.7 Å². The van der Waals surface area contributed by atoms with E-state index in [1.807, 2.05) is 0 Å². The first-order valence-electron chi connectivity index (χ1n) is 6.34. The Morgan fingerprint density at radius 1 is 1.21 bits per heavy atom. The normalized spacial score (nSPS) is 22.2. The van der Waals surface area contributed by atoms with E-state index in [1.165, 1.54) is 13.0 Å². The van der Waals surface area contributed by atoms with Gasteiger partial charge in [-0.1, -0.05) is 20.4 Å². The maximum atomic E-state index is 11.7. The highest BCUT2D eigenvalue weighted by Gasteiger charge is 2.35. The number of carbonyl (C=O) groups excluding carboxylic acids is 3. The van der Waals surface area contributed by atoms with Crippen LogP contribution in [0, 0.1) is 5.92 Å². The van der Waals surface area contributed by atoms with Crippen molar-refractivity contribution < 1.29 is 14.4 Å². The maximum absolute atomic E-state index is 11.7. The molecule has 1 rings (SSSR count). The minimum Gasteiger partial charge on any atom is -0.349 e. The largest absolute Gasteiger partial charge is 0.349 e. The van der Waals surface area contributed by atoms with E-state index in [0.29, 0.717) is 13.1 Å². The van der Waals surface area contributed by atoms with Gasteiger partial charge in [-0.2, -0.15) is 0 Å². The van der Waals surface area contributed by atoms with Crippen LogP contribution in [-0.4, -0.2) is 47.8 Å². The Kier molecular flexibility index (Phi) is 5.09. The molecule has 0 aromatic carbocycles. The van der Waals surface area contributed by atoms with Crippen molar-refractivity contribution in [2.24, 2.45) is 5.92 Å². The lowest BCUT2D eigenvalue weighted by Gasteiger charge is -2.21. The van der Waals surface area contributed by atoms with Crippen LogP contribution in [0.5, 0.6) is 0 Å². The Morgan fingerprint density at radius 2 is 1.74 bits per heavy atom. The second-order valence-electron chi connectivity index (χ2n) is 5.01. The van der Waals surface area contributed by atoms with Crippen molar-refractivity contribution in [3.8, 4) is 0 Å². The average molecular weight is 267 g/mol. The van der Waals surface area contributed by atoms with Gasteiger partial charge in [0, 0.05) is 25.9 Å². The Hall–Kier alpha value is -1.85. The van der Waals surface area contributed by atoms with E-state index in [1.54, 1.807) is 18.7 Å². The number of amides is 3. The molecule has 19 heavy (non-hydrogen) atoms. The van der Waals surface area contributed by atoms with Gasteiger partial charge in [0.2, 0.25) is 17.7 Å². The number of hydrogen-bond donors (Lipinski definition) is 2. The van der Waals surface area contributed by atoms with Gasteiger partial charge in [-0.05, 0) is 6.08 Å². The highest BCUT2D eigenvalue weighted by atomic mass is 16.2. The minimum absolute atomic E-state index is 0.0702. The Labute approximate surface area is 113 Å². The van der Waals surface area contributed by atoms with Gasteiger partial charge in [-0.15, -0.1) is 0 Å². The predicted octanol–water partition coefficient (Wildman–Crippen LogP) is -0.340. The lowest BCUT2D eigenvalue weighted by Crippen LogP contribution is -2.51. The summed E-state index contributed by atoms with van der Waals surface area (Å²) in [6, 6.07) is -0.542. The quantitative estimate of drug-likeness (QED) is 0.684. The molecule has 106 valence electrons. The molecule has 1 fully saturated rings. The van der Waals surface area contributed by atoms with Gasteiger partial charge in [0.25, 0.3) is 0 Å². The standard InChI is InChI=1S/C13H21N3O3/c1-5-12(18)14-10-6-16(9(4)17)7-11(10)15-13(19)8(2)3/h5,8,10-11H,1,6-7H2,2-4H3,(H,14,18)(H,15,19).